The van der Waals surface area contributed by atoms with Crippen LogP contribution in [0.2, 0.25) is 0 Å². The summed E-state index contributed by atoms with van der Waals surface area (Å²) in [5.74, 6) is -0.636. The molecule has 2 amide bonds. The van der Waals surface area contributed by atoms with Crippen LogP contribution in [0.5, 0.6) is 11.5 Å². The molecule has 0 fully saturated rings. The van der Waals surface area contributed by atoms with Crippen molar-refractivity contribution in [2.24, 2.45) is 0 Å². The normalized spacial score (nSPS) is 12.7. The molecule has 9 nitrogen and oxygen atoms in total. The monoisotopic (exact) mass is 361 g/mol. The van der Waals surface area contributed by atoms with Crippen molar-refractivity contribution in [3.63, 3.8) is 0 Å². The molecular weight excluding hydrogens is 342 g/mol. The van der Waals surface area contributed by atoms with Crippen molar-refractivity contribution in [1.82, 2.24) is 10.2 Å². The van der Waals surface area contributed by atoms with Gasteiger partial charge in [-0.25, -0.2) is 0 Å². The fraction of sp³-hybridized carbons (Fsp3) is 0.412. The Morgan fingerprint density at radius 1 is 1.35 bits per heavy atom. The van der Waals surface area contributed by atoms with E-state index in [1.165, 1.54) is 24.9 Å². The summed E-state index contributed by atoms with van der Waals surface area (Å²) in [6.07, 6.45) is -0.817. The minimum atomic E-state index is -1.01. The first-order chi connectivity index (χ1) is 12.4. The van der Waals surface area contributed by atoms with Crippen molar-refractivity contribution in [3.05, 3.63) is 23.8 Å². The second kappa shape index (κ2) is 8.71. The molecule has 1 atom stereocenters. The predicted molar refractivity (Wildman–Crippen MR) is 88.3 cm³/mol. The lowest BCUT2D eigenvalue weighted by Crippen LogP contribution is -2.40. The maximum atomic E-state index is 12.1. The van der Waals surface area contributed by atoms with Gasteiger partial charge in [0.15, 0.2) is 17.6 Å². The fourth-order valence-electron chi connectivity index (χ4n) is 2.22. The number of ether oxygens (including phenoxy) is 3. The third kappa shape index (κ3) is 4.86. The molecule has 138 valence electrons. The first kappa shape index (κ1) is 19.1. The average Bonchev–Trinajstić information content (AvgIpc) is 3.11. The fourth-order valence-corrected chi connectivity index (χ4v) is 2.22. The minimum absolute atomic E-state index is 0.0987. The number of likely N-dealkylation sites (N-methyl/N-ethyl adjacent to an activating group) is 1. The van der Waals surface area contributed by atoms with Crippen LogP contribution >= 0.6 is 0 Å². The van der Waals surface area contributed by atoms with Crippen molar-refractivity contribution in [1.29, 1.82) is 5.26 Å². The van der Waals surface area contributed by atoms with Crippen molar-refractivity contribution < 1.29 is 28.6 Å². The second-order valence-corrected chi connectivity index (χ2v) is 5.55. The van der Waals surface area contributed by atoms with E-state index in [-0.39, 0.29) is 26.3 Å². The minimum Gasteiger partial charge on any atom is -0.454 e. The van der Waals surface area contributed by atoms with Gasteiger partial charge in [0, 0.05) is 19.2 Å². The molecule has 26 heavy (non-hydrogen) atoms. The Morgan fingerprint density at radius 3 is 2.81 bits per heavy atom. The number of nitrogens with one attached hydrogen (secondary N) is 1. The molecule has 1 aliphatic heterocycles. The van der Waals surface area contributed by atoms with E-state index in [1.54, 1.807) is 12.1 Å². The Morgan fingerprint density at radius 2 is 2.08 bits per heavy atom. The molecule has 1 aromatic rings. The molecule has 1 heterocycles. The van der Waals surface area contributed by atoms with Crippen LogP contribution in [-0.4, -0.2) is 55.7 Å². The van der Waals surface area contributed by atoms with Crippen LogP contribution in [-0.2, 0) is 14.3 Å². The Labute approximate surface area is 150 Å². The van der Waals surface area contributed by atoms with Gasteiger partial charge in [-0.05, 0) is 25.1 Å². The molecule has 0 saturated carbocycles. The van der Waals surface area contributed by atoms with Gasteiger partial charge in [-0.2, -0.15) is 5.26 Å². The molecule has 0 radical (unpaired) electrons. The highest BCUT2D eigenvalue weighted by molar-refractivity contribution is 5.96. The zero-order valence-electron chi connectivity index (χ0n) is 14.5. The van der Waals surface area contributed by atoms with Gasteiger partial charge in [0.1, 0.15) is 6.54 Å². The van der Waals surface area contributed by atoms with Crippen LogP contribution < -0.4 is 14.8 Å². The Kier molecular flexibility index (Phi) is 6.38. The molecule has 1 aromatic carbocycles. The Hall–Kier alpha value is -3.28. The number of nitriles is 1. The number of benzene rings is 1. The van der Waals surface area contributed by atoms with E-state index in [2.05, 4.69) is 5.32 Å². The van der Waals surface area contributed by atoms with Crippen LogP contribution in [0, 0.1) is 11.3 Å². The van der Waals surface area contributed by atoms with E-state index in [0.717, 1.165) is 0 Å². The van der Waals surface area contributed by atoms with Gasteiger partial charge in [0.25, 0.3) is 11.8 Å². The Balaban J connectivity index is 1.80. The summed E-state index contributed by atoms with van der Waals surface area (Å²) >= 11 is 0. The lowest BCUT2D eigenvalue weighted by molar-refractivity contribution is -0.157. The summed E-state index contributed by atoms with van der Waals surface area (Å²) in [6, 6.07) is 6.59. The summed E-state index contributed by atoms with van der Waals surface area (Å²) in [5.41, 5.74) is 0.308. The molecular formula is C17H19N3O6. The highest BCUT2D eigenvalue weighted by Gasteiger charge is 2.22. The zero-order valence-corrected chi connectivity index (χ0v) is 14.5. The number of carbonyl (C=O) groups is 3. The van der Waals surface area contributed by atoms with Crippen LogP contribution in [0.25, 0.3) is 0 Å². The van der Waals surface area contributed by atoms with E-state index in [0.29, 0.717) is 17.1 Å². The first-order valence-electron chi connectivity index (χ1n) is 7.91. The molecule has 1 N–H and O–H groups in total. The van der Waals surface area contributed by atoms with E-state index in [9.17, 15) is 14.4 Å². The molecule has 0 spiro atoms. The standard InChI is InChI=1S/C17H19N3O6/c1-11(17(23)20(2)7-3-6-18)26-15(21)9-19-16(22)12-4-5-13-14(8-12)25-10-24-13/h4-5,8,11H,3,7,9-10H2,1-2H3,(H,19,22)/t11-/m1/s1. The molecule has 9 heteroatoms. The summed E-state index contributed by atoms with van der Waals surface area (Å²) < 4.78 is 15.3. The van der Waals surface area contributed by atoms with Gasteiger partial charge in [0.05, 0.1) is 12.5 Å². The van der Waals surface area contributed by atoms with Gasteiger partial charge in [-0.1, -0.05) is 0 Å². The number of hydrogen-bond acceptors (Lipinski definition) is 7. The average molecular weight is 361 g/mol. The summed E-state index contributed by atoms with van der Waals surface area (Å²) in [4.78, 5) is 37.2. The van der Waals surface area contributed by atoms with Crippen molar-refractivity contribution in [2.45, 2.75) is 19.4 Å². The molecule has 0 aliphatic carbocycles. The third-order valence-corrected chi connectivity index (χ3v) is 3.62. The highest BCUT2D eigenvalue weighted by Crippen LogP contribution is 2.32. The van der Waals surface area contributed by atoms with Gasteiger partial charge in [-0.15, -0.1) is 0 Å². The summed E-state index contributed by atoms with van der Waals surface area (Å²) in [5, 5.41) is 10.9. The number of carbonyl (C=O) groups excluding carboxylic acids is 3. The van der Waals surface area contributed by atoms with E-state index in [1.807, 2.05) is 6.07 Å². The van der Waals surface area contributed by atoms with Gasteiger partial charge in [0.2, 0.25) is 6.79 Å². The van der Waals surface area contributed by atoms with E-state index in [4.69, 9.17) is 19.5 Å². The van der Waals surface area contributed by atoms with Crippen molar-refractivity contribution in [2.75, 3.05) is 26.9 Å². The van der Waals surface area contributed by atoms with Gasteiger partial charge >= 0.3 is 5.97 Å². The Bertz CT molecular complexity index is 743. The first-order valence-corrected chi connectivity index (χ1v) is 7.91. The number of nitrogens with zero attached hydrogens (tertiary/aromatic N) is 2. The van der Waals surface area contributed by atoms with Gasteiger partial charge in [-0.3, -0.25) is 14.4 Å². The van der Waals surface area contributed by atoms with Crippen molar-refractivity contribution in [3.8, 4) is 17.6 Å². The molecule has 0 unspecified atom stereocenters. The number of esters is 1. The molecule has 0 saturated heterocycles. The van der Waals surface area contributed by atoms with Crippen LogP contribution in [0.4, 0.5) is 0 Å². The predicted octanol–water partition coefficient (Wildman–Crippen LogP) is 0.449. The molecule has 0 bridgehead atoms. The number of rotatable bonds is 7. The largest absolute Gasteiger partial charge is 0.454 e. The number of fused-ring (bicyclic) bond motifs is 1. The summed E-state index contributed by atoms with van der Waals surface area (Å²) in [7, 11) is 1.52. The van der Waals surface area contributed by atoms with Crippen LogP contribution in [0.1, 0.15) is 23.7 Å². The van der Waals surface area contributed by atoms with Crippen LogP contribution in [0.3, 0.4) is 0 Å². The SMILES string of the molecule is C[C@@H](OC(=O)CNC(=O)c1ccc2c(c1)OCO2)C(=O)N(C)CCC#N. The zero-order chi connectivity index (χ0) is 19.1. The lowest BCUT2D eigenvalue weighted by Gasteiger charge is -2.20. The van der Waals surface area contributed by atoms with Gasteiger partial charge < -0.3 is 24.4 Å². The number of hydrogen-bond donors (Lipinski definition) is 1. The lowest BCUT2D eigenvalue weighted by atomic mass is 10.2. The maximum absolute atomic E-state index is 12.1. The molecule has 0 aromatic heterocycles. The second-order valence-electron chi connectivity index (χ2n) is 5.55. The summed E-state index contributed by atoms with van der Waals surface area (Å²) in [6.45, 7) is 1.40. The molecule has 2 rings (SSSR count). The van der Waals surface area contributed by atoms with Crippen LogP contribution in [0.15, 0.2) is 18.2 Å². The third-order valence-electron chi connectivity index (χ3n) is 3.62. The van der Waals surface area contributed by atoms with E-state index < -0.39 is 23.9 Å². The smallest absolute Gasteiger partial charge is 0.326 e. The highest BCUT2D eigenvalue weighted by atomic mass is 16.7. The maximum Gasteiger partial charge on any atom is 0.326 e. The quantitative estimate of drug-likeness (QED) is 0.701. The number of amides is 2. The molecule has 1 aliphatic rings. The topological polar surface area (TPSA) is 118 Å². The van der Waals surface area contributed by atoms with E-state index >= 15 is 0 Å². The van der Waals surface area contributed by atoms with Crippen molar-refractivity contribution >= 4 is 17.8 Å².